The van der Waals surface area contributed by atoms with Crippen LogP contribution in [0.4, 0.5) is 0 Å². The van der Waals surface area contributed by atoms with Crippen LogP contribution in [0.1, 0.15) is 0 Å². The number of hydrogen-bond donors (Lipinski definition) is 0. The largest absolute Gasteiger partial charge is 2.00 e. The van der Waals surface area contributed by atoms with Gasteiger partial charge >= 0.3 is 21.1 Å². The zero-order valence-corrected chi connectivity index (χ0v) is 30.2. The first-order chi connectivity index (χ1) is 25.3. The van der Waals surface area contributed by atoms with Gasteiger partial charge in [0.15, 0.2) is 0 Å². The topological polar surface area (TPSA) is 30.7 Å². The van der Waals surface area contributed by atoms with Crippen LogP contribution in [0, 0.1) is 12.1 Å². The fraction of sp³-hybridized carbons (Fsp3) is 0. The zero-order chi connectivity index (χ0) is 33.7. The summed E-state index contributed by atoms with van der Waals surface area (Å²) in [4.78, 5) is 10.9. The van der Waals surface area contributed by atoms with Crippen molar-refractivity contribution in [3.63, 3.8) is 0 Å². The van der Waals surface area contributed by atoms with Crippen molar-refractivity contribution in [3.8, 4) is 50.6 Å². The van der Waals surface area contributed by atoms with E-state index in [1.54, 1.807) is 0 Å². The van der Waals surface area contributed by atoms with Crippen LogP contribution in [0.25, 0.3) is 94.1 Å². The summed E-state index contributed by atoms with van der Waals surface area (Å²) in [5, 5.41) is 6.72. The van der Waals surface area contributed by atoms with Gasteiger partial charge in [-0.1, -0.05) is 138 Å². The van der Waals surface area contributed by atoms with E-state index in [0.717, 1.165) is 77.6 Å². The van der Waals surface area contributed by atoms with E-state index < -0.39 is 0 Å². The first-order valence-electron chi connectivity index (χ1n) is 17.2. The van der Waals surface area contributed by atoms with Crippen LogP contribution in [0.15, 0.2) is 176 Å². The van der Waals surface area contributed by atoms with Crippen molar-refractivity contribution in [2.24, 2.45) is 0 Å². The summed E-state index contributed by atoms with van der Waals surface area (Å²) >= 11 is 0. The van der Waals surface area contributed by atoms with E-state index >= 15 is 0 Å². The van der Waals surface area contributed by atoms with E-state index in [1.165, 1.54) is 16.5 Å². The van der Waals surface area contributed by atoms with Crippen molar-refractivity contribution >= 4 is 43.5 Å². The van der Waals surface area contributed by atoms with Gasteiger partial charge in [-0.3, -0.25) is 4.98 Å². The maximum atomic E-state index is 5.44. The number of hydrogen-bond acceptors (Lipinski definition) is 2. The molecule has 0 aliphatic carbocycles. The Morgan fingerprint density at radius 2 is 1.15 bits per heavy atom. The molecule has 0 bridgehead atoms. The van der Waals surface area contributed by atoms with Crippen LogP contribution in [0.2, 0.25) is 0 Å². The first kappa shape index (κ1) is 31.8. The van der Waals surface area contributed by atoms with E-state index in [9.17, 15) is 0 Å². The summed E-state index contributed by atoms with van der Waals surface area (Å²) in [6.07, 6.45) is 0. The Kier molecular flexibility index (Phi) is 8.07. The maximum Gasteiger partial charge on any atom is 2.00 e. The van der Waals surface area contributed by atoms with Gasteiger partial charge in [-0.25, -0.2) is 4.98 Å². The molecule has 7 aromatic carbocycles. The van der Waals surface area contributed by atoms with Gasteiger partial charge in [-0.05, 0) is 51.5 Å². The van der Waals surface area contributed by atoms with Crippen LogP contribution in [0.3, 0.4) is 0 Å². The van der Waals surface area contributed by atoms with Crippen molar-refractivity contribution < 1.29 is 21.1 Å². The first-order valence-corrected chi connectivity index (χ1v) is 17.2. The molecular formula is C48H29N3Pt. The standard InChI is InChI=1S/C48H29N3.Pt/c1-4-14-32(15-5-1)37-22-12-18-34-26-27-35(30-42(34)37)45-31-43-38(33-16-6-2-7-17-33)23-13-24-40(43)47(49-45)44-29-28-41-39-21-10-11-25-46(39)51(48(41)50-44)36-19-8-3-9-20-36;/h1-19,21-26,28-31H;/q-2;+2. The second-order valence-electron chi connectivity index (χ2n) is 12.8. The molecule has 0 fully saturated rings. The molecule has 0 aliphatic heterocycles. The van der Waals surface area contributed by atoms with Crippen molar-refractivity contribution in [2.75, 3.05) is 0 Å². The average Bonchev–Trinajstić information content (AvgIpc) is 3.54. The van der Waals surface area contributed by atoms with E-state index in [-0.39, 0.29) is 21.1 Å². The Hall–Kier alpha value is -6.15. The predicted molar refractivity (Wildman–Crippen MR) is 211 cm³/mol. The number of nitrogens with zero attached hydrogens (tertiary/aromatic N) is 3. The van der Waals surface area contributed by atoms with Crippen molar-refractivity contribution in [2.45, 2.75) is 0 Å². The summed E-state index contributed by atoms with van der Waals surface area (Å²) in [5.41, 5.74) is 11.0. The molecule has 0 aliphatic rings. The van der Waals surface area contributed by atoms with Gasteiger partial charge < -0.3 is 4.57 Å². The fourth-order valence-electron chi connectivity index (χ4n) is 7.45. The number of benzene rings is 7. The fourth-order valence-corrected chi connectivity index (χ4v) is 7.45. The third kappa shape index (κ3) is 5.33. The van der Waals surface area contributed by atoms with Crippen LogP contribution < -0.4 is 0 Å². The van der Waals surface area contributed by atoms with E-state index in [4.69, 9.17) is 9.97 Å². The monoisotopic (exact) mass is 842 g/mol. The van der Waals surface area contributed by atoms with Gasteiger partial charge in [0, 0.05) is 16.2 Å². The maximum absolute atomic E-state index is 5.44. The zero-order valence-electron chi connectivity index (χ0n) is 27.9. The Bertz CT molecular complexity index is 2900. The van der Waals surface area contributed by atoms with Gasteiger partial charge in [0.2, 0.25) is 0 Å². The minimum Gasteiger partial charge on any atom is -0.318 e. The van der Waals surface area contributed by atoms with Gasteiger partial charge in [0.05, 0.1) is 16.9 Å². The second-order valence-corrected chi connectivity index (χ2v) is 12.8. The van der Waals surface area contributed by atoms with Crippen LogP contribution in [-0.2, 0) is 21.1 Å². The molecule has 10 rings (SSSR count). The molecule has 3 aromatic heterocycles. The number of pyridine rings is 2. The van der Waals surface area contributed by atoms with Crippen molar-refractivity contribution in [1.82, 2.24) is 14.5 Å². The van der Waals surface area contributed by atoms with Crippen molar-refractivity contribution in [3.05, 3.63) is 188 Å². The molecule has 52 heavy (non-hydrogen) atoms. The molecule has 0 N–H and O–H groups in total. The molecule has 10 aromatic rings. The van der Waals surface area contributed by atoms with Crippen LogP contribution in [0.5, 0.6) is 0 Å². The minimum atomic E-state index is 0. The van der Waals surface area contributed by atoms with Gasteiger partial charge in [0.25, 0.3) is 0 Å². The molecule has 0 saturated carbocycles. The molecule has 0 radical (unpaired) electrons. The molecule has 0 atom stereocenters. The Morgan fingerprint density at radius 1 is 0.462 bits per heavy atom. The Morgan fingerprint density at radius 3 is 1.92 bits per heavy atom. The molecule has 0 amide bonds. The molecular weight excluding hydrogens is 814 g/mol. The summed E-state index contributed by atoms with van der Waals surface area (Å²) < 4.78 is 2.21. The summed E-state index contributed by atoms with van der Waals surface area (Å²) in [5.74, 6) is 0. The Balaban J connectivity index is 0.00000360. The summed E-state index contributed by atoms with van der Waals surface area (Å²) in [6, 6.07) is 68.5. The van der Waals surface area contributed by atoms with E-state index in [2.05, 4.69) is 174 Å². The van der Waals surface area contributed by atoms with Crippen LogP contribution in [-0.4, -0.2) is 14.5 Å². The number of para-hydroxylation sites is 2. The van der Waals surface area contributed by atoms with E-state index in [0.29, 0.717) is 0 Å². The quantitative estimate of drug-likeness (QED) is 0.162. The molecule has 4 heteroatoms. The molecule has 3 nitrogen and oxygen atoms in total. The van der Waals surface area contributed by atoms with Gasteiger partial charge in [0.1, 0.15) is 5.65 Å². The normalized spacial score (nSPS) is 11.3. The molecule has 0 unspecified atom stereocenters. The minimum absolute atomic E-state index is 0. The third-order valence-corrected chi connectivity index (χ3v) is 9.83. The Labute approximate surface area is 316 Å². The predicted octanol–water partition coefficient (Wildman–Crippen LogP) is 12.1. The van der Waals surface area contributed by atoms with Gasteiger partial charge in [-0.15, -0.1) is 29.8 Å². The van der Waals surface area contributed by atoms with E-state index in [1.807, 2.05) is 18.2 Å². The number of aromatic nitrogens is 3. The van der Waals surface area contributed by atoms with Crippen LogP contribution >= 0.6 is 0 Å². The summed E-state index contributed by atoms with van der Waals surface area (Å²) in [7, 11) is 0. The molecule has 0 spiro atoms. The molecule has 246 valence electrons. The SMILES string of the molecule is [Pt+2].[c-]1cc2cccc(-c3ccccc3)c2cc1-c1cc2c(-c3ccccc3)cccc2c(-c2ccc3c4ccccc4n(-c4[c-]cccc4)c3n2)n1. The molecule has 3 heterocycles. The average molecular weight is 843 g/mol. The third-order valence-electron chi connectivity index (χ3n) is 9.83. The number of rotatable bonds is 5. The summed E-state index contributed by atoms with van der Waals surface area (Å²) in [6.45, 7) is 0. The second kappa shape index (κ2) is 13.2. The molecule has 0 saturated heterocycles. The van der Waals surface area contributed by atoms with Gasteiger partial charge in [-0.2, -0.15) is 24.3 Å². The van der Waals surface area contributed by atoms with Crippen molar-refractivity contribution in [1.29, 1.82) is 0 Å². The smallest absolute Gasteiger partial charge is 0.318 e. The number of fused-ring (bicyclic) bond motifs is 5.